The lowest BCUT2D eigenvalue weighted by Crippen LogP contribution is -2.03. The second kappa shape index (κ2) is 4.98. The van der Waals surface area contributed by atoms with Gasteiger partial charge in [-0.25, -0.2) is 4.98 Å². The van der Waals surface area contributed by atoms with E-state index in [1.54, 1.807) is 7.11 Å². The molecule has 102 valence electrons. The monoisotopic (exact) mass is 267 g/mol. The molecule has 2 aromatic heterocycles. The fraction of sp³-hybridized carbons (Fsp3) is 0.188. The summed E-state index contributed by atoms with van der Waals surface area (Å²) in [6, 6.07) is 11.9. The van der Waals surface area contributed by atoms with Gasteiger partial charge in [-0.2, -0.15) is 0 Å². The first-order valence-electron chi connectivity index (χ1n) is 6.56. The predicted molar refractivity (Wildman–Crippen MR) is 79.8 cm³/mol. The van der Waals surface area contributed by atoms with Crippen LogP contribution >= 0.6 is 0 Å². The summed E-state index contributed by atoms with van der Waals surface area (Å²) in [5.41, 5.74) is 10.9. The van der Waals surface area contributed by atoms with Crippen molar-refractivity contribution in [3.05, 3.63) is 53.9 Å². The maximum atomic E-state index is 5.94. The Morgan fingerprint density at radius 1 is 1.20 bits per heavy atom. The van der Waals surface area contributed by atoms with Crippen molar-refractivity contribution in [2.45, 2.75) is 13.5 Å². The number of benzene rings is 1. The van der Waals surface area contributed by atoms with Crippen molar-refractivity contribution >= 4 is 5.65 Å². The van der Waals surface area contributed by atoms with Gasteiger partial charge in [-0.15, -0.1) is 0 Å². The number of nitrogens with zero attached hydrogens (tertiary/aromatic N) is 2. The molecule has 0 aliphatic carbocycles. The number of para-hydroxylation sites is 1. The highest BCUT2D eigenvalue weighted by atomic mass is 16.5. The minimum Gasteiger partial charge on any atom is -0.496 e. The van der Waals surface area contributed by atoms with Crippen LogP contribution in [0.15, 0.2) is 42.6 Å². The molecule has 4 nitrogen and oxygen atoms in total. The van der Waals surface area contributed by atoms with Gasteiger partial charge in [0.1, 0.15) is 11.4 Å². The summed E-state index contributed by atoms with van der Waals surface area (Å²) in [6.07, 6.45) is 2.00. The smallest absolute Gasteiger partial charge is 0.140 e. The molecule has 4 heteroatoms. The number of hydrogen-bond acceptors (Lipinski definition) is 3. The van der Waals surface area contributed by atoms with Crippen LogP contribution in [0.4, 0.5) is 0 Å². The van der Waals surface area contributed by atoms with E-state index in [1.807, 2.05) is 36.5 Å². The van der Waals surface area contributed by atoms with Gasteiger partial charge in [-0.05, 0) is 30.7 Å². The van der Waals surface area contributed by atoms with Crippen LogP contribution in [0.1, 0.15) is 11.3 Å². The van der Waals surface area contributed by atoms with Crippen LogP contribution in [0, 0.1) is 6.92 Å². The number of methoxy groups -OCH3 is 1. The Hall–Kier alpha value is -2.33. The lowest BCUT2D eigenvalue weighted by atomic mass is 10.1. The molecule has 0 aliphatic heterocycles. The van der Waals surface area contributed by atoms with E-state index in [1.165, 1.54) is 0 Å². The third-order valence-corrected chi connectivity index (χ3v) is 3.50. The lowest BCUT2D eigenvalue weighted by molar-refractivity contribution is 0.416. The summed E-state index contributed by atoms with van der Waals surface area (Å²) in [6.45, 7) is 2.48. The molecule has 2 N–H and O–H groups in total. The Morgan fingerprint density at radius 2 is 2.00 bits per heavy atom. The first kappa shape index (κ1) is 12.7. The van der Waals surface area contributed by atoms with Crippen LogP contribution in [-0.2, 0) is 6.54 Å². The van der Waals surface area contributed by atoms with Crippen molar-refractivity contribution in [3.63, 3.8) is 0 Å². The number of aromatic nitrogens is 2. The molecule has 0 aliphatic rings. The molecule has 0 atom stereocenters. The maximum absolute atomic E-state index is 5.94. The van der Waals surface area contributed by atoms with Gasteiger partial charge in [-0.3, -0.25) is 0 Å². The predicted octanol–water partition coefficient (Wildman–Crippen LogP) is 2.78. The number of rotatable bonds is 3. The largest absolute Gasteiger partial charge is 0.496 e. The zero-order valence-electron chi connectivity index (χ0n) is 11.6. The minimum atomic E-state index is 0.429. The molecule has 0 saturated carbocycles. The average Bonchev–Trinajstić information content (AvgIpc) is 2.87. The van der Waals surface area contributed by atoms with E-state index in [-0.39, 0.29) is 0 Å². The topological polar surface area (TPSA) is 52.5 Å². The molecule has 0 fully saturated rings. The zero-order valence-corrected chi connectivity index (χ0v) is 11.6. The van der Waals surface area contributed by atoms with Gasteiger partial charge in [0.25, 0.3) is 0 Å². The number of ether oxygens (including phenoxy) is 1. The summed E-state index contributed by atoms with van der Waals surface area (Å²) in [5, 5.41) is 0. The fourth-order valence-electron chi connectivity index (χ4n) is 2.50. The number of fused-ring (bicyclic) bond motifs is 1. The number of pyridine rings is 1. The highest BCUT2D eigenvalue weighted by molar-refractivity contribution is 5.73. The highest BCUT2D eigenvalue weighted by Crippen LogP contribution is 2.32. The van der Waals surface area contributed by atoms with E-state index in [0.717, 1.165) is 33.9 Å². The SMILES string of the molecule is COc1ccccc1-c1nc2c(C)cccn2c1CN. The molecule has 0 amide bonds. The molecule has 0 spiro atoms. The van der Waals surface area contributed by atoms with Crippen LogP contribution in [0.3, 0.4) is 0 Å². The van der Waals surface area contributed by atoms with Crippen LogP contribution in [0.2, 0.25) is 0 Å². The van der Waals surface area contributed by atoms with Gasteiger partial charge < -0.3 is 14.9 Å². The van der Waals surface area contributed by atoms with E-state index in [0.29, 0.717) is 6.54 Å². The van der Waals surface area contributed by atoms with E-state index in [2.05, 4.69) is 17.4 Å². The summed E-state index contributed by atoms with van der Waals surface area (Å²) in [5.74, 6) is 0.809. The molecule has 1 aromatic carbocycles. The molecular formula is C16H17N3O. The molecule has 3 aromatic rings. The average molecular weight is 267 g/mol. The van der Waals surface area contributed by atoms with E-state index < -0.39 is 0 Å². The normalized spacial score (nSPS) is 10.9. The summed E-state index contributed by atoms with van der Waals surface area (Å²) in [4.78, 5) is 4.76. The van der Waals surface area contributed by atoms with Crippen LogP contribution in [0.5, 0.6) is 5.75 Å². The number of nitrogens with two attached hydrogens (primary N) is 1. The first-order valence-corrected chi connectivity index (χ1v) is 6.56. The van der Waals surface area contributed by atoms with Gasteiger partial charge in [0.05, 0.1) is 18.5 Å². The van der Waals surface area contributed by atoms with Crippen molar-refractivity contribution in [3.8, 4) is 17.0 Å². The second-order valence-electron chi connectivity index (χ2n) is 4.70. The van der Waals surface area contributed by atoms with Gasteiger partial charge in [-0.1, -0.05) is 18.2 Å². The van der Waals surface area contributed by atoms with Gasteiger partial charge in [0.2, 0.25) is 0 Å². The third kappa shape index (κ3) is 1.85. The molecule has 0 radical (unpaired) electrons. The van der Waals surface area contributed by atoms with Gasteiger partial charge in [0.15, 0.2) is 0 Å². The summed E-state index contributed by atoms with van der Waals surface area (Å²) in [7, 11) is 1.67. The minimum absolute atomic E-state index is 0.429. The summed E-state index contributed by atoms with van der Waals surface area (Å²) < 4.78 is 7.49. The van der Waals surface area contributed by atoms with Crippen LogP contribution in [-0.4, -0.2) is 16.5 Å². The van der Waals surface area contributed by atoms with E-state index in [4.69, 9.17) is 15.5 Å². The van der Waals surface area contributed by atoms with E-state index in [9.17, 15) is 0 Å². The Labute approximate surface area is 117 Å². The number of hydrogen-bond donors (Lipinski definition) is 1. The van der Waals surface area contributed by atoms with Crippen molar-refractivity contribution in [1.82, 2.24) is 9.38 Å². The standard InChI is InChI=1S/C16H17N3O/c1-11-6-5-9-19-13(10-17)15(18-16(11)19)12-7-3-4-8-14(12)20-2/h3-9H,10,17H2,1-2H3. The van der Waals surface area contributed by atoms with Crippen LogP contribution < -0.4 is 10.5 Å². The van der Waals surface area contributed by atoms with Crippen molar-refractivity contribution in [2.24, 2.45) is 5.73 Å². The Bertz CT molecular complexity index is 762. The van der Waals surface area contributed by atoms with Gasteiger partial charge in [0, 0.05) is 18.3 Å². The maximum Gasteiger partial charge on any atom is 0.140 e. The second-order valence-corrected chi connectivity index (χ2v) is 4.70. The Balaban J connectivity index is 2.33. The molecule has 20 heavy (non-hydrogen) atoms. The molecule has 3 rings (SSSR count). The van der Waals surface area contributed by atoms with Crippen molar-refractivity contribution in [1.29, 1.82) is 0 Å². The molecule has 0 unspecified atom stereocenters. The summed E-state index contributed by atoms with van der Waals surface area (Å²) >= 11 is 0. The molecule has 0 saturated heterocycles. The molecular weight excluding hydrogens is 250 g/mol. The van der Waals surface area contributed by atoms with Crippen molar-refractivity contribution in [2.75, 3.05) is 7.11 Å². The lowest BCUT2D eigenvalue weighted by Gasteiger charge is -2.07. The van der Waals surface area contributed by atoms with Crippen molar-refractivity contribution < 1.29 is 4.74 Å². The quantitative estimate of drug-likeness (QED) is 0.794. The fourth-order valence-corrected chi connectivity index (χ4v) is 2.50. The number of imidazole rings is 1. The Morgan fingerprint density at radius 3 is 2.75 bits per heavy atom. The number of aryl methyl sites for hydroxylation is 1. The molecule has 2 heterocycles. The van der Waals surface area contributed by atoms with Gasteiger partial charge >= 0.3 is 0 Å². The zero-order chi connectivity index (χ0) is 14.1. The Kier molecular flexibility index (Phi) is 3.16. The molecule has 0 bridgehead atoms. The van der Waals surface area contributed by atoms with E-state index >= 15 is 0 Å². The van der Waals surface area contributed by atoms with Crippen LogP contribution in [0.25, 0.3) is 16.9 Å². The first-order chi connectivity index (χ1) is 9.76. The third-order valence-electron chi connectivity index (χ3n) is 3.50. The highest BCUT2D eigenvalue weighted by Gasteiger charge is 2.16.